The maximum absolute atomic E-state index is 12.4. The minimum atomic E-state index is -0.450. The quantitative estimate of drug-likeness (QED) is 0.706. The molecule has 0 N–H and O–H groups in total. The lowest BCUT2D eigenvalue weighted by atomic mass is 9.73. The second kappa shape index (κ2) is 4.11. The van der Waals surface area contributed by atoms with Crippen molar-refractivity contribution in [2.24, 2.45) is 16.7 Å². The molecule has 2 heteroatoms. The maximum Gasteiger partial charge on any atom is 0.147 e. The van der Waals surface area contributed by atoms with E-state index in [0.29, 0.717) is 18.1 Å². The normalized spacial score (nSPS) is 31.6. The lowest BCUT2D eigenvalue weighted by Gasteiger charge is -2.30. The first-order chi connectivity index (χ1) is 8.29. The van der Waals surface area contributed by atoms with E-state index in [-0.39, 0.29) is 5.41 Å². The van der Waals surface area contributed by atoms with E-state index in [1.165, 1.54) is 5.57 Å². The SMILES string of the molecule is COC1=CC=C2[C@@H](C(C)(C)C)CC(=O)[C@@]2(C)C=C1. The summed E-state index contributed by atoms with van der Waals surface area (Å²) in [7, 11) is 1.65. The van der Waals surface area contributed by atoms with E-state index >= 15 is 0 Å². The molecule has 2 atom stereocenters. The molecule has 0 amide bonds. The first-order valence-corrected chi connectivity index (χ1v) is 6.48. The molecular formula is C16H22O2. The molecule has 0 radical (unpaired) electrons. The molecule has 0 aromatic heterocycles. The Morgan fingerprint density at radius 2 is 2.00 bits per heavy atom. The molecule has 2 aliphatic rings. The average molecular weight is 246 g/mol. The summed E-state index contributed by atoms with van der Waals surface area (Å²) in [5.74, 6) is 1.43. The van der Waals surface area contributed by atoms with Crippen LogP contribution in [0.5, 0.6) is 0 Å². The predicted octanol–water partition coefficient (Wildman–Crippen LogP) is 3.65. The minimum Gasteiger partial charge on any atom is -0.497 e. The topological polar surface area (TPSA) is 26.3 Å². The number of ether oxygens (including phenoxy) is 1. The molecule has 0 aromatic rings. The van der Waals surface area contributed by atoms with E-state index in [9.17, 15) is 4.79 Å². The van der Waals surface area contributed by atoms with Crippen LogP contribution in [0.25, 0.3) is 0 Å². The number of Topliss-reactive ketones (excluding diaryl/α,β-unsaturated/α-hetero) is 1. The second-order valence-electron chi connectivity index (χ2n) is 6.48. The lowest BCUT2D eigenvalue weighted by Crippen LogP contribution is -2.23. The first kappa shape index (κ1) is 13.1. The van der Waals surface area contributed by atoms with Gasteiger partial charge >= 0.3 is 0 Å². The van der Waals surface area contributed by atoms with Gasteiger partial charge in [-0.05, 0) is 36.0 Å². The molecule has 18 heavy (non-hydrogen) atoms. The fourth-order valence-electron chi connectivity index (χ4n) is 2.89. The van der Waals surface area contributed by atoms with Crippen molar-refractivity contribution < 1.29 is 9.53 Å². The molecule has 0 spiro atoms. The molecule has 0 aliphatic heterocycles. The zero-order chi connectivity index (χ0) is 13.6. The van der Waals surface area contributed by atoms with Crippen molar-refractivity contribution in [2.75, 3.05) is 7.11 Å². The minimum absolute atomic E-state index is 0.110. The number of hydrogen-bond donors (Lipinski definition) is 0. The van der Waals surface area contributed by atoms with Gasteiger partial charge in [-0.3, -0.25) is 4.79 Å². The van der Waals surface area contributed by atoms with Crippen LogP contribution in [0.2, 0.25) is 0 Å². The zero-order valence-corrected chi connectivity index (χ0v) is 11.9. The Bertz CT molecular complexity index is 460. The Labute approximate surface area is 109 Å². The summed E-state index contributed by atoms with van der Waals surface area (Å²) in [4.78, 5) is 12.4. The number of rotatable bonds is 1. The third-order valence-corrected chi connectivity index (χ3v) is 4.23. The molecule has 0 unspecified atom stereocenters. The number of carbonyl (C=O) groups is 1. The van der Waals surface area contributed by atoms with Crippen molar-refractivity contribution in [1.29, 1.82) is 0 Å². The van der Waals surface area contributed by atoms with Crippen LogP contribution in [0.4, 0.5) is 0 Å². The molecule has 1 saturated carbocycles. The monoisotopic (exact) mass is 246 g/mol. The van der Waals surface area contributed by atoms with Crippen molar-refractivity contribution in [1.82, 2.24) is 0 Å². The average Bonchev–Trinajstić information content (AvgIpc) is 2.45. The molecule has 0 bridgehead atoms. The number of ketones is 1. The fraction of sp³-hybridized carbons (Fsp3) is 0.562. The summed E-state index contributed by atoms with van der Waals surface area (Å²) in [6, 6.07) is 0. The van der Waals surface area contributed by atoms with Gasteiger partial charge in [0.25, 0.3) is 0 Å². The van der Waals surface area contributed by atoms with Crippen LogP contribution in [-0.4, -0.2) is 12.9 Å². The largest absolute Gasteiger partial charge is 0.497 e. The van der Waals surface area contributed by atoms with E-state index in [1.54, 1.807) is 7.11 Å². The molecule has 0 saturated heterocycles. The molecule has 98 valence electrons. The number of fused-ring (bicyclic) bond motifs is 1. The molecule has 0 aromatic carbocycles. The summed E-state index contributed by atoms with van der Waals surface area (Å²) in [5.41, 5.74) is 0.885. The summed E-state index contributed by atoms with van der Waals surface area (Å²) < 4.78 is 5.26. The molecule has 0 heterocycles. The highest BCUT2D eigenvalue weighted by atomic mass is 16.5. The van der Waals surface area contributed by atoms with Crippen molar-refractivity contribution in [3.8, 4) is 0 Å². The molecular weight excluding hydrogens is 224 g/mol. The predicted molar refractivity (Wildman–Crippen MR) is 73.0 cm³/mol. The highest BCUT2D eigenvalue weighted by Crippen LogP contribution is 2.52. The van der Waals surface area contributed by atoms with Gasteiger partial charge in [-0.1, -0.05) is 32.9 Å². The highest BCUT2D eigenvalue weighted by molar-refractivity contribution is 5.94. The third-order valence-electron chi connectivity index (χ3n) is 4.23. The van der Waals surface area contributed by atoms with Crippen LogP contribution < -0.4 is 0 Å². The highest BCUT2D eigenvalue weighted by Gasteiger charge is 2.49. The third kappa shape index (κ3) is 1.94. The van der Waals surface area contributed by atoms with Crippen LogP contribution in [-0.2, 0) is 9.53 Å². The lowest BCUT2D eigenvalue weighted by molar-refractivity contribution is -0.122. The number of carbonyl (C=O) groups excluding carboxylic acids is 1. The summed E-state index contributed by atoms with van der Waals surface area (Å²) >= 11 is 0. The Morgan fingerprint density at radius 3 is 2.56 bits per heavy atom. The van der Waals surface area contributed by atoms with Gasteiger partial charge in [0, 0.05) is 6.42 Å². The van der Waals surface area contributed by atoms with Gasteiger partial charge in [0.05, 0.1) is 12.5 Å². The van der Waals surface area contributed by atoms with Crippen molar-refractivity contribution in [3.63, 3.8) is 0 Å². The second-order valence-corrected chi connectivity index (χ2v) is 6.48. The smallest absolute Gasteiger partial charge is 0.147 e. The van der Waals surface area contributed by atoms with Crippen molar-refractivity contribution in [3.05, 3.63) is 35.6 Å². The molecule has 1 fully saturated rings. The molecule has 2 nitrogen and oxygen atoms in total. The number of methoxy groups -OCH3 is 1. The van der Waals surface area contributed by atoms with E-state index in [1.807, 2.05) is 25.2 Å². The van der Waals surface area contributed by atoms with Crippen molar-refractivity contribution >= 4 is 5.78 Å². The Morgan fingerprint density at radius 1 is 1.33 bits per heavy atom. The van der Waals surface area contributed by atoms with E-state index in [4.69, 9.17) is 4.74 Å². The Balaban J connectivity index is 2.51. The van der Waals surface area contributed by atoms with Gasteiger partial charge in [0.2, 0.25) is 0 Å². The van der Waals surface area contributed by atoms with E-state index in [0.717, 1.165) is 5.76 Å². The number of allylic oxidation sites excluding steroid dienone is 5. The summed E-state index contributed by atoms with van der Waals surface area (Å²) in [5, 5.41) is 0. The Hall–Kier alpha value is -1.31. The van der Waals surface area contributed by atoms with Crippen LogP contribution in [0, 0.1) is 16.7 Å². The van der Waals surface area contributed by atoms with Gasteiger partial charge in [-0.25, -0.2) is 0 Å². The van der Waals surface area contributed by atoms with Gasteiger partial charge in [-0.2, -0.15) is 0 Å². The van der Waals surface area contributed by atoms with E-state index in [2.05, 4.69) is 26.8 Å². The maximum atomic E-state index is 12.4. The Kier molecular flexibility index (Phi) is 3.00. The van der Waals surface area contributed by atoms with E-state index < -0.39 is 5.41 Å². The first-order valence-electron chi connectivity index (χ1n) is 6.48. The molecule has 2 rings (SSSR count). The summed E-state index contributed by atoms with van der Waals surface area (Å²) in [6.07, 6.45) is 8.60. The van der Waals surface area contributed by atoms with Crippen molar-refractivity contribution in [2.45, 2.75) is 34.1 Å². The standard InChI is InChI=1S/C16H22O2/c1-15(2,3)13-10-14(17)16(4)9-8-11(18-5)6-7-12(13)16/h6-9,13H,10H2,1-5H3/t13-,16-/m0/s1. The van der Waals surface area contributed by atoms with Gasteiger partial charge in [0.1, 0.15) is 11.5 Å². The number of hydrogen-bond acceptors (Lipinski definition) is 2. The molecule has 2 aliphatic carbocycles. The van der Waals surface area contributed by atoms with Crippen LogP contribution in [0.1, 0.15) is 34.1 Å². The van der Waals surface area contributed by atoms with Gasteiger partial charge in [-0.15, -0.1) is 0 Å². The van der Waals surface area contributed by atoms with Crippen LogP contribution in [0.3, 0.4) is 0 Å². The fourth-order valence-corrected chi connectivity index (χ4v) is 2.89. The van der Waals surface area contributed by atoms with Gasteiger partial charge < -0.3 is 4.74 Å². The van der Waals surface area contributed by atoms with Gasteiger partial charge in [0.15, 0.2) is 0 Å². The summed E-state index contributed by atoms with van der Waals surface area (Å²) in [6.45, 7) is 8.63. The van der Waals surface area contributed by atoms with Crippen LogP contribution >= 0.6 is 0 Å². The van der Waals surface area contributed by atoms with Crippen LogP contribution in [0.15, 0.2) is 35.6 Å². The zero-order valence-electron chi connectivity index (χ0n) is 11.9.